The molecular weight excluding hydrogens is 325 g/mol. The standard InChI is InChI=1S/C22H28FN3/c23-20-8-4-7-19(15-20)21-16-24-25-22(21)18-10-13-26(14-11-18)12-9-17-5-2-1-3-6-17/h1-8,15,18,21-22,24-25H,9-14,16H2. The van der Waals surface area contributed by atoms with Gasteiger partial charge in [0.15, 0.2) is 0 Å². The number of hydrogen-bond acceptors (Lipinski definition) is 3. The zero-order chi connectivity index (χ0) is 17.8. The molecule has 2 fully saturated rings. The van der Waals surface area contributed by atoms with Gasteiger partial charge in [-0.1, -0.05) is 42.5 Å². The van der Waals surface area contributed by atoms with Crippen LogP contribution in [0.15, 0.2) is 54.6 Å². The Kier molecular flexibility index (Phi) is 5.63. The molecule has 0 bridgehead atoms. The molecule has 3 nitrogen and oxygen atoms in total. The third-order valence-electron chi connectivity index (χ3n) is 6.00. The van der Waals surface area contributed by atoms with Crippen molar-refractivity contribution in [2.24, 2.45) is 5.92 Å². The molecule has 2 atom stereocenters. The highest BCUT2D eigenvalue weighted by Crippen LogP contribution is 2.32. The van der Waals surface area contributed by atoms with E-state index in [0.717, 1.165) is 38.2 Å². The average Bonchev–Trinajstić information content (AvgIpc) is 3.17. The molecule has 0 aromatic heterocycles. The van der Waals surface area contributed by atoms with Crippen molar-refractivity contribution >= 4 is 0 Å². The zero-order valence-electron chi connectivity index (χ0n) is 15.2. The number of halogens is 1. The second-order valence-corrected chi connectivity index (χ2v) is 7.63. The highest BCUT2D eigenvalue weighted by molar-refractivity contribution is 5.24. The van der Waals surface area contributed by atoms with Gasteiger partial charge in [0.05, 0.1) is 0 Å². The summed E-state index contributed by atoms with van der Waals surface area (Å²) >= 11 is 0. The first kappa shape index (κ1) is 17.7. The van der Waals surface area contributed by atoms with E-state index >= 15 is 0 Å². The number of benzene rings is 2. The summed E-state index contributed by atoms with van der Waals surface area (Å²) in [6, 6.07) is 18.2. The van der Waals surface area contributed by atoms with Crippen molar-refractivity contribution in [3.8, 4) is 0 Å². The lowest BCUT2D eigenvalue weighted by Crippen LogP contribution is -2.44. The highest BCUT2D eigenvalue weighted by Gasteiger charge is 2.36. The van der Waals surface area contributed by atoms with Crippen LogP contribution in [-0.2, 0) is 6.42 Å². The summed E-state index contributed by atoms with van der Waals surface area (Å²) in [5.74, 6) is 0.863. The molecule has 2 aliphatic heterocycles. The maximum Gasteiger partial charge on any atom is 0.123 e. The highest BCUT2D eigenvalue weighted by atomic mass is 19.1. The number of likely N-dealkylation sites (tertiary alicyclic amines) is 1. The SMILES string of the molecule is Fc1cccc(C2CNNC2C2CCN(CCc3ccccc3)CC2)c1. The zero-order valence-corrected chi connectivity index (χ0v) is 15.2. The monoisotopic (exact) mass is 353 g/mol. The van der Waals surface area contributed by atoms with Crippen LogP contribution in [0.3, 0.4) is 0 Å². The van der Waals surface area contributed by atoms with E-state index in [-0.39, 0.29) is 5.82 Å². The smallest absolute Gasteiger partial charge is 0.123 e. The van der Waals surface area contributed by atoms with Crippen molar-refractivity contribution in [3.05, 3.63) is 71.5 Å². The Morgan fingerprint density at radius 3 is 2.58 bits per heavy atom. The van der Waals surface area contributed by atoms with Gasteiger partial charge in [-0.15, -0.1) is 0 Å². The minimum absolute atomic E-state index is 0.135. The summed E-state index contributed by atoms with van der Waals surface area (Å²) in [5.41, 5.74) is 9.31. The fourth-order valence-electron chi connectivity index (χ4n) is 4.49. The van der Waals surface area contributed by atoms with E-state index in [4.69, 9.17) is 0 Å². The third kappa shape index (κ3) is 4.14. The lowest BCUT2D eigenvalue weighted by Gasteiger charge is -2.36. The van der Waals surface area contributed by atoms with Crippen LogP contribution >= 0.6 is 0 Å². The predicted octanol–water partition coefficient (Wildman–Crippen LogP) is 3.34. The molecule has 2 aromatic rings. The first-order valence-electron chi connectivity index (χ1n) is 9.80. The molecule has 0 aliphatic carbocycles. The molecule has 2 saturated heterocycles. The maximum atomic E-state index is 13.6. The van der Waals surface area contributed by atoms with Gasteiger partial charge in [0, 0.05) is 25.0 Å². The maximum absolute atomic E-state index is 13.6. The van der Waals surface area contributed by atoms with Crippen LogP contribution in [0.4, 0.5) is 4.39 Å². The van der Waals surface area contributed by atoms with E-state index in [1.165, 1.54) is 24.5 Å². The molecule has 2 aromatic carbocycles. The first-order chi connectivity index (χ1) is 12.8. The Bertz CT molecular complexity index is 698. The number of nitrogens with zero attached hydrogens (tertiary/aromatic N) is 1. The van der Waals surface area contributed by atoms with Crippen molar-refractivity contribution in [2.75, 3.05) is 26.2 Å². The van der Waals surface area contributed by atoms with Crippen LogP contribution < -0.4 is 10.9 Å². The fraction of sp³-hybridized carbons (Fsp3) is 0.455. The van der Waals surface area contributed by atoms with Crippen molar-refractivity contribution < 1.29 is 4.39 Å². The van der Waals surface area contributed by atoms with Crippen molar-refractivity contribution in [3.63, 3.8) is 0 Å². The molecule has 0 spiro atoms. The molecular formula is C22H28FN3. The number of hydrazine groups is 1. The lowest BCUT2D eigenvalue weighted by molar-refractivity contribution is 0.159. The summed E-state index contributed by atoms with van der Waals surface area (Å²) < 4.78 is 13.6. The van der Waals surface area contributed by atoms with Gasteiger partial charge in [-0.05, 0) is 61.5 Å². The van der Waals surface area contributed by atoms with Crippen LogP contribution in [0.2, 0.25) is 0 Å². The summed E-state index contributed by atoms with van der Waals surface area (Å²) in [4.78, 5) is 2.59. The second kappa shape index (κ2) is 8.30. The van der Waals surface area contributed by atoms with Crippen LogP contribution in [0.1, 0.15) is 29.9 Å². The normalized spacial score (nSPS) is 24.8. The van der Waals surface area contributed by atoms with E-state index in [1.54, 1.807) is 6.07 Å². The molecule has 0 radical (unpaired) electrons. The second-order valence-electron chi connectivity index (χ2n) is 7.63. The average molecular weight is 353 g/mol. The van der Waals surface area contributed by atoms with Gasteiger partial charge in [-0.25, -0.2) is 4.39 Å². The molecule has 2 unspecified atom stereocenters. The van der Waals surface area contributed by atoms with Gasteiger partial charge in [-0.2, -0.15) is 0 Å². The van der Waals surface area contributed by atoms with Crippen LogP contribution in [0, 0.1) is 11.7 Å². The molecule has 26 heavy (non-hydrogen) atoms. The summed E-state index contributed by atoms with van der Waals surface area (Å²) in [6.07, 6.45) is 3.54. The molecule has 0 saturated carbocycles. The Balaban J connectivity index is 1.31. The van der Waals surface area contributed by atoms with Gasteiger partial charge in [0.25, 0.3) is 0 Å². The minimum Gasteiger partial charge on any atom is -0.303 e. The van der Waals surface area contributed by atoms with E-state index in [1.807, 2.05) is 6.07 Å². The van der Waals surface area contributed by atoms with Crippen LogP contribution in [-0.4, -0.2) is 37.1 Å². The van der Waals surface area contributed by atoms with Gasteiger partial charge in [0.1, 0.15) is 5.82 Å². The Hall–Kier alpha value is -1.75. The molecule has 2 aliphatic rings. The van der Waals surface area contributed by atoms with Gasteiger partial charge in [0.2, 0.25) is 0 Å². The third-order valence-corrected chi connectivity index (χ3v) is 6.00. The molecule has 2 N–H and O–H groups in total. The molecule has 4 heteroatoms. The predicted molar refractivity (Wildman–Crippen MR) is 103 cm³/mol. The van der Waals surface area contributed by atoms with Crippen molar-refractivity contribution in [1.82, 2.24) is 15.8 Å². The largest absolute Gasteiger partial charge is 0.303 e. The molecule has 4 rings (SSSR count). The first-order valence-corrected chi connectivity index (χ1v) is 9.80. The summed E-state index contributed by atoms with van der Waals surface area (Å²) in [6.45, 7) is 4.33. The summed E-state index contributed by atoms with van der Waals surface area (Å²) in [7, 11) is 0. The molecule has 138 valence electrons. The Labute approximate surface area is 155 Å². The van der Waals surface area contributed by atoms with E-state index in [9.17, 15) is 4.39 Å². The number of rotatable bonds is 5. The number of piperidine rings is 1. The van der Waals surface area contributed by atoms with Gasteiger partial charge in [-0.3, -0.25) is 10.9 Å². The molecule has 0 amide bonds. The lowest BCUT2D eigenvalue weighted by atomic mass is 9.80. The number of nitrogens with one attached hydrogen (secondary N) is 2. The fourth-order valence-corrected chi connectivity index (χ4v) is 4.49. The van der Waals surface area contributed by atoms with Crippen molar-refractivity contribution in [2.45, 2.75) is 31.2 Å². The van der Waals surface area contributed by atoms with E-state index < -0.39 is 0 Å². The summed E-state index contributed by atoms with van der Waals surface area (Å²) in [5, 5.41) is 0. The van der Waals surface area contributed by atoms with Gasteiger partial charge >= 0.3 is 0 Å². The van der Waals surface area contributed by atoms with Crippen LogP contribution in [0.25, 0.3) is 0 Å². The van der Waals surface area contributed by atoms with Crippen LogP contribution in [0.5, 0.6) is 0 Å². The molecule has 2 heterocycles. The minimum atomic E-state index is -0.135. The van der Waals surface area contributed by atoms with E-state index in [0.29, 0.717) is 17.9 Å². The Morgan fingerprint density at radius 1 is 1.00 bits per heavy atom. The van der Waals surface area contributed by atoms with E-state index in [2.05, 4.69) is 52.1 Å². The van der Waals surface area contributed by atoms with Gasteiger partial charge < -0.3 is 4.90 Å². The topological polar surface area (TPSA) is 27.3 Å². The number of hydrogen-bond donors (Lipinski definition) is 2. The Morgan fingerprint density at radius 2 is 1.81 bits per heavy atom. The van der Waals surface area contributed by atoms with Crippen molar-refractivity contribution in [1.29, 1.82) is 0 Å². The quantitative estimate of drug-likeness (QED) is 0.863.